The fourth-order valence-electron chi connectivity index (χ4n) is 2.57. The van der Waals surface area contributed by atoms with Crippen molar-refractivity contribution < 1.29 is 8.42 Å². The van der Waals surface area contributed by atoms with Crippen molar-refractivity contribution in [3.63, 3.8) is 0 Å². The van der Waals surface area contributed by atoms with Gasteiger partial charge in [-0.05, 0) is 31.4 Å². The highest BCUT2D eigenvalue weighted by Gasteiger charge is 2.25. The van der Waals surface area contributed by atoms with E-state index < -0.39 is 10.0 Å². The third-order valence-electron chi connectivity index (χ3n) is 3.48. The quantitative estimate of drug-likeness (QED) is 0.868. The molecule has 0 unspecified atom stereocenters. The Hall–Kier alpha value is -1.07. The number of nitrogens with zero attached hydrogens (tertiary/aromatic N) is 1. The summed E-state index contributed by atoms with van der Waals surface area (Å²) >= 11 is 0. The minimum Gasteiger partial charge on any atom is -0.367 e. The molecule has 1 N–H and O–H groups in total. The Bertz CT molecular complexity index is 487. The molecule has 1 atom stereocenters. The van der Waals surface area contributed by atoms with Crippen LogP contribution >= 0.6 is 0 Å². The van der Waals surface area contributed by atoms with E-state index in [1.807, 2.05) is 25.1 Å². The summed E-state index contributed by atoms with van der Waals surface area (Å²) in [5.74, 6) is 0.213. The SMILES string of the molecule is CCCS(=O)(=O)NC[C@@H]1CCCN1c1ccccc1. The van der Waals surface area contributed by atoms with E-state index in [4.69, 9.17) is 0 Å². The first-order chi connectivity index (χ1) is 9.12. The Labute approximate surface area is 115 Å². The second-order valence-electron chi connectivity index (χ2n) is 4.99. The summed E-state index contributed by atoms with van der Waals surface area (Å²) in [6.07, 6.45) is 2.82. The van der Waals surface area contributed by atoms with Gasteiger partial charge in [0.15, 0.2) is 0 Å². The highest BCUT2D eigenvalue weighted by Crippen LogP contribution is 2.24. The fraction of sp³-hybridized carbons (Fsp3) is 0.571. The maximum atomic E-state index is 11.7. The van der Waals surface area contributed by atoms with E-state index in [2.05, 4.69) is 21.8 Å². The normalized spacial score (nSPS) is 19.8. The van der Waals surface area contributed by atoms with Crippen molar-refractivity contribution in [3.8, 4) is 0 Å². The van der Waals surface area contributed by atoms with Crippen molar-refractivity contribution in [2.75, 3.05) is 23.7 Å². The highest BCUT2D eigenvalue weighted by molar-refractivity contribution is 7.89. The van der Waals surface area contributed by atoms with Gasteiger partial charge in [0.2, 0.25) is 10.0 Å². The van der Waals surface area contributed by atoms with Crippen LogP contribution in [0, 0.1) is 0 Å². The Morgan fingerprint density at radius 1 is 1.32 bits per heavy atom. The Morgan fingerprint density at radius 3 is 2.74 bits per heavy atom. The van der Waals surface area contributed by atoms with Crippen molar-refractivity contribution in [1.29, 1.82) is 0 Å². The van der Waals surface area contributed by atoms with E-state index >= 15 is 0 Å². The summed E-state index contributed by atoms with van der Waals surface area (Å²) in [6, 6.07) is 10.5. The minimum atomic E-state index is -3.10. The zero-order chi connectivity index (χ0) is 13.7. The zero-order valence-corrected chi connectivity index (χ0v) is 12.2. The van der Waals surface area contributed by atoms with Gasteiger partial charge in [0.1, 0.15) is 0 Å². The molecule has 0 amide bonds. The molecule has 19 heavy (non-hydrogen) atoms. The largest absolute Gasteiger partial charge is 0.367 e. The molecule has 0 bridgehead atoms. The van der Waals surface area contributed by atoms with Gasteiger partial charge in [-0.3, -0.25) is 0 Å². The van der Waals surface area contributed by atoms with Crippen LogP contribution < -0.4 is 9.62 Å². The van der Waals surface area contributed by atoms with Crippen molar-refractivity contribution >= 4 is 15.7 Å². The van der Waals surface area contributed by atoms with Gasteiger partial charge < -0.3 is 4.90 Å². The summed E-state index contributed by atoms with van der Waals surface area (Å²) in [7, 11) is -3.10. The predicted molar refractivity (Wildman–Crippen MR) is 78.9 cm³/mol. The molecular weight excluding hydrogens is 260 g/mol. The van der Waals surface area contributed by atoms with Crippen LogP contribution in [0.1, 0.15) is 26.2 Å². The molecule has 0 saturated carbocycles. The molecule has 1 saturated heterocycles. The summed E-state index contributed by atoms with van der Waals surface area (Å²) < 4.78 is 26.1. The van der Waals surface area contributed by atoms with Gasteiger partial charge in [-0.25, -0.2) is 13.1 Å². The van der Waals surface area contributed by atoms with E-state index in [0.29, 0.717) is 13.0 Å². The Morgan fingerprint density at radius 2 is 2.05 bits per heavy atom. The van der Waals surface area contributed by atoms with Gasteiger partial charge in [-0.15, -0.1) is 0 Å². The van der Waals surface area contributed by atoms with Crippen LogP contribution in [0.15, 0.2) is 30.3 Å². The molecule has 1 aliphatic rings. The minimum absolute atomic E-state index is 0.213. The molecule has 5 heteroatoms. The molecule has 1 aromatic carbocycles. The van der Waals surface area contributed by atoms with Crippen LogP contribution in [0.4, 0.5) is 5.69 Å². The van der Waals surface area contributed by atoms with Gasteiger partial charge in [-0.1, -0.05) is 25.1 Å². The number of anilines is 1. The first-order valence-electron chi connectivity index (χ1n) is 6.91. The average molecular weight is 282 g/mol. The summed E-state index contributed by atoms with van der Waals surface area (Å²) in [5, 5.41) is 0. The molecule has 0 aliphatic carbocycles. The summed E-state index contributed by atoms with van der Waals surface area (Å²) in [6.45, 7) is 3.40. The lowest BCUT2D eigenvalue weighted by atomic mass is 10.2. The molecule has 0 radical (unpaired) electrons. The number of hydrogen-bond donors (Lipinski definition) is 1. The average Bonchev–Trinajstić information content (AvgIpc) is 2.86. The van der Waals surface area contributed by atoms with Crippen molar-refractivity contribution in [2.24, 2.45) is 0 Å². The lowest BCUT2D eigenvalue weighted by Crippen LogP contribution is -2.40. The van der Waals surface area contributed by atoms with E-state index in [1.165, 1.54) is 5.69 Å². The number of para-hydroxylation sites is 1. The molecule has 106 valence electrons. The monoisotopic (exact) mass is 282 g/mol. The molecule has 0 spiro atoms. The van der Waals surface area contributed by atoms with Crippen molar-refractivity contribution in [3.05, 3.63) is 30.3 Å². The zero-order valence-electron chi connectivity index (χ0n) is 11.4. The van der Waals surface area contributed by atoms with Crippen LogP contribution in [0.3, 0.4) is 0 Å². The molecule has 0 aromatic heterocycles. The van der Waals surface area contributed by atoms with Gasteiger partial charge in [0.05, 0.1) is 5.75 Å². The summed E-state index contributed by atoms with van der Waals surface area (Å²) in [4.78, 5) is 2.30. The Balaban J connectivity index is 1.97. The second-order valence-corrected chi connectivity index (χ2v) is 6.92. The topological polar surface area (TPSA) is 49.4 Å². The number of benzene rings is 1. The lowest BCUT2D eigenvalue weighted by Gasteiger charge is -2.27. The number of hydrogen-bond acceptors (Lipinski definition) is 3. The van der Waals surface area contributed by atoms with Gasteiger partial charge in [-0.2, -0.15) is 0 Å². The van der Waals surface area contributed by atoms with E-state index in [1.54, 1.807) is 0 Å². The van der Waals surface area contributed by atoms with Crippen LogP contribution in [0.25, 0.3) is 0 Å². The molecule has 4 nitrogen and oxygen atoms in total. The number of nitrogens with one attached hydrogen (secondary N) is 1. The maximum absolute atomic E-state index is 11.7. The first-order valence-corrected chi connectivity index (χ1v) is 8.56. The molecular formula is C14H22N2O2S. The third kappa shape index (κ3) is 3.94. The van der Waals surface area contributed by atoms with Crippen LogP contribution in [0.2, 0.25) is 0 Å². The maximum Gasteiger partial charge on any atom is 0.211 e. The molecule has 1 fully saturated rings. The van der Waals surface area contributed by atoms with Crippen LogP contribution in [-0.2, 0) is 10.0 Å². The highest BCUT2D eigenvalue weighted by atomic mass is 32.2. The molecule has 1 aliphatic heterocycles. The fourth-order valence-corrected chi connectivity index (χ4v) is 3.70. The first kappa shape index (κ1) is 14.3. The van der Waals surface area contributed by atoms with E-state index in [0.717, 1.165) is 19.4 Å². The smallest absolute Gasteiger partial charge is 0.211 e. The molecule has 2 rings (SSSR count). The predicted octanol–water partition coefficient (Wildman–Crippen LogP) is 1.98. The van der Waals surface area contributed by atoms with Gasteiger partial charge in [0.25, 0.3) is 0 Å². The molecule has 1 heterocycles. The van der Waals surface area contributed by atoms with Gasteiger partial charge in [0, 0.05) is 24.8 Å². The third-order valence-corrected chi connectivity index (χ3v) is 5.03. The van der Waals surface area contributed by atoms with E-state index in [-0.39, 0.29) is 11.8 Å². The van der Waals surface area contributed by atoms with Crippen LogP contribution in [0.5, 0.6) is 0 Å². The lowest BCUT2D eigenvalue weighted by molar-refractivity contribution is 0.566. The molecule has 1 aromatic rings. The van der Waals surface area contributed by atoms with Crippen molar-refractivity contribution in [1.82, 2.24) is 4.72 Å². The van der Waals surface area contributed by atoms with E-state index in [9.17, 15) is 8.42 Å². The standard InChI is InChI=1S/C14H22N2O2S/c1-2-11-19(17,18)15-12-14-9-6-10-16(14)13-7-4-3-5-8-13/h3-5,7-8,14-15H,2,6,9-12H2,1H3/t14-/m0/s1. The Kier molecular flexibility index (Phi) is 4.82. The number of rotatable bonds is 6. The number of sulfonamides is 1. The summed E-state index contributed by atoms with van der Waals surface area (Å²) in [5.41, 5.74) is 1.18. The van der Waals surface area contributed by atoms with Gasteiger partial charge >= 0.3 is 0 Å². The van der Waals surface area contributed by atoms with Crippen molar-refractivity contribution in [2.45, 2.75) is 32.2 Å². The van der Waals surface area contributed by atoms with Crippen LogP contribution in [-0.4, -0.2) is 33.3 Å². The second kappa shape index (κ2) is 6.39.